The first kappa shape index (κ1) is 14.5. The van der Waals surface area contributed by atoms with Crippen LogP contribution in [0.3, 0.4) is 0 Å². The van der Waals surface area contributed by atoms with Crippen LogP contribution in [-0.2, 0) is 4.74 Å². The van der Waals surface area contributed by atoms with Crippen LogP contribution in [0.1, 0.15) is 19.8 Å². The molecule has 0 amide bonds. The van der Waals surface area contributed by atoms with Gasteiger partial charge < -0.3 is 10.5 Å². The van der Waals surface area contributed by atoms with E-state index in [1.165, 1.54) is 12.1 Å². The predicted octanol–water partition coefficient (Wildman–Crippen LogP) is 3.06. The minimum Gasteiger partial charge on any atom is -0.377 e. The predicted molar refractivity (Wildman–Crippen MR) is 70.8 cm³/mol. The molecule has 4 heteroatoms. The summed E-state index contributed by atoms with van der Waals surface area (Å²) in [5.41, 5.74) is 5.44. The van der Waals surface area contributed by atoms with Gasteiger partial charge >= 0.3 is 0 Å². The number of rotatable bonds is 7. The van der Waals surface area contributed by atoms with E-state index in [0.717, 1.165) is 23.5 Å². The van der Waals surface area contributed by atoms with Crippen LogP contribution in [0.15, 0.2) is 29.2 Å². The van der Waals surface area contributed by atoms with Gasteiger partial charge in [-0.25, -0.2) is 4.39 Å². The molecule has 0 aromatic heterocycles. The second-order valence-electron chi connectivity index (χ2n) is 4.02. The number of benzene rings is 1. The van der Waals surface area contributed by atoms with Gasteiger partial charge in [-0.3, -0.25) is 0 Å². The van der Waals surface area contributed by atoms with Crippen molar-refractivity contribution in [3.8, 4) is 0 Å². The van der Waals surface area contributed by atoms with Crippen molar-refractivity contribution in [2.75, 3.05) is 19.4 Å². The van der Waals surface area contributed by atoms with Crippen molar-refractivity contribution in [2.24, 2.45) is 5.73 Å². The van der Waals surface area contributed by atoms with Crippen molar-refractivity contribution in [1.29, 1.82) is 0 Å². The van der Waals surface area contributed by atoms with Crippen molar-refractivity contribution in [1.82, 2.24) is 0 Å². The molecule has 0 radical (unpaired) electrons. The molecule has 0 aliphatic rings. The third-order valence-corrected chi connectivity index (χ3v) is 4.27. The minimum absolute atomic E-state index is 0.173. The van der Waals surface area contributed by atoms with E-state index in [1.807, 2.05) is 0 Å². The average Bonchev–Trinajstić information content (AvgIpc) is 2.36. The average molecular weight is 257 g/mol. The Bertz CT molecular complexity index is 325. The standard InChI is InChI=1S/C13H20FNOS/c1-3-13(16-2,8-9-15)10-17-12-6-4-11(14)5-7-12/h4-7H,3,8-10,15H2,1-2H3. The Morgan fingerprint density at radius 2 is 2.00 bits per heavy atom. The summed E-state index contributed by atoms with van der Waals surface area (Å²) in [4.78, 5) is 1.05. The first-order valence-corrected chi connectivity index (χ1v) is 6.78. The Morgan fingerprint density at radius 1 is 1.35 bits per heavy atom. The van der Waals surface area contributed by atoms with Crippen molar-refractivity contribution in [3.63, 3.8) is 0 Å². The largest absolute Gasteiger partial charge is 0.377 e. The van der Waals surface area contributed by atoms with Crippen LogP contribution in [0.4, 0.5) is 4.39 Å². The molecule has 1 aromatic carbocycles. The molecule has 2 N–H and O–H groups in total. The van der Waals surface area contributed by atoms with Crippen LogP contribution in [-0.4, -0.2) is 25.0 Å². The Balaban J connectivity index is 2.60. The molecule has 0 spiro atoms. The summed E-state index contributed by atoms with van der Waals surface area (Å²) in [6.07, 6.45) is 1.77. The zero-order valence-electron chi connectivity index (χ0n) is 10.4. The third-order valence-electron chi connectivity index (χ3n) is 2.99. The summed E-state index contributed by atoms with van der Waals surface area (Å²) in [6, 6.07) is 6.54. The molecule has 2 nitrogen and oxygen atoms in total. The number of thioether (sulfide) groups is 1. The van der Waals surface area contributed by atoms with E-state index in [1.54, 1.807) is 31.0 Å². The zero-order chi connectivity index (χ0) is 12.7. The van der Waals surface area contributed by atoms with Gasteiger partial charge in [-0.05, 0) is 43.7 Å². The molecule has 17 heavy (non-hydrogen) atoms. The molecule has 0 bridgehead atoms. The Labute approximate surface area is 107 Å². The van der Waals surface area contributed by atoms with E-state index in [9.17, 15) is 4.39 Å². The van der Waals surface area contributed by atoms with Crippen molar-refractivity contribution < 1.29 is 9.13 Å². The Morgan fingerprint density at radius 3 is 2.47 bits per heavy atom. The number of halogens is 1. The summed E-state index contributed by atoms with van der Waals surface area (Å²) in [5, 5.41) is 0. The maximum absolute atomic E-state index is 12.8. The topological polar surface area (TPSA) is 35.2 Å². The van der Waals surface area contributed by atoms with Crippen molar-refractivity contribution >= 4 is 11.8 Å². The highest BCUT2D eigenvalue weighted by Crippen LogP contribution is 2.29. The normalized spacial score (nSPS) is 14.6. The lowest BCUT2D eigenvalue weighted by Gasteiger charge is -2.30. The molecule has 1 aromatic rings. The van der Waals surface area contributed by atoms with E-state index >= 15 is 0 Å². The van der Waals surface area contributed by atoms with E-state index < -0.39 is 0 Å². The number of hydrogen-bond acceptors (Lipinski definition) is 3. The maximum Gasteiger partial charge on any atom is 0.123 e. The van der Waals surface area contributed by atoms with Crippen molar-refractivity contribution in [3.05, 3.63) is 30.1 Å². The molecule has 0 aliphatic heterocycles. The van der Waals surface area contributed by atoms with Gasteiger partial charge in [-0.15, -0.1) is 11.8 Å². The first-order chi connectivity index (χ1) is 8.15. The first-order valence-electron chi connectivity index (χ1n) is 5.79. The molecule has 1 rings (SSSR count). The van der Waals surface area contributed by atoms with Crippen molar-refractivity contribution in [2.45, 2.75) is 30.3 Å². The van der Waals surface area contributed by atoms with Gasteiger partial charge in [0.15, 0.2) is 0 Å². The van der Waals surface area contributed by atoms with Gasteiger partial charge in [0, 0.05) is 17.8 Å². The molecular formula is C13H20FNOS. The summed E-state index contributed by atoms with van der Waals surface area (Å²) in [7, 11) is 1.73. The lowest BCUT2D eigenvalue weighted by atomic mass is 9.99. The second-order valence-corrected chi connectivity index (χ2v) is 5.07. The molecule has 0 heterocycles. The maximum atomic E-state index is 12.8. The molecular weight excluding hydrogens is 237 g/mol. The van der Waals surface area contributed by atoms with Crippen LogP contribution in [0.5, 0.6) is 0 Å². The lowest BCUT2D eigenvalue weighted by Crippen LogP contribution is -2.36. The quantitative estimate of drug-likeness (QED) is 0.762. The lowest BCUT2D eigenvalue weighted by molar-refractivity contribution is 0.00222. The Kier molecular flexibility index (Phi) is 5.95. The summed E-state index contributed by atoms with van der Waals surface area (Å²) in [6.45, 7) is 2.72. The fraction of sp³-hybridized carbons (Fsp3) is 0.538. The molecule has 0 aliphatic carbocycles. The van der Waals surface area contributed by atoms with Gasteiger partial charge in [0.1, 0.15) is 5.82 Å². The van der Waals surface area contributed by atoms with Gasteiger partial charge in [0.2, 0.25) is 0 Å². The fourth-order valence-electron chi connectivity index (χ4n) is 1.67. The minimum atomic E-state index is -0.204. The van der Waals surface area contributed by atoms with Crippen LogP contribution in [0, 0.1) is 5.82 Å². The SMILES string of the molecule is CCC(CCN)(CSc1ccc(F)cc1)OC. The van der Waals surface area contributed by atoms with Crippen LogP contribution >= 0.6 is 11.8 Å². The van der Waals surface area contributed by atoms with Gasteiger partial charge in [-0.2, -0.15) is 0 Å². The molecule has 0 saturated heterocycles. The molecule has 0 saturated carbocycles. The summed E-state index contributed by atoms with van der Waals surface area (Å²) >= 11 is 1.68. The molecule has 1 unspecified atom stereocenters. The van der Waals surface area contributed by atoms with E-state index in [-0.39, 0.29) is 11.4 Å². The summed E-state index contributed by atoms with van der Waals surface area (Å²) < 4.78 is 18.4. The molecule has 1 atom stereocenters. The molecule has 96 valence electrons. The van der Waals surface area contributed by atoms with Gasteiger partial charge in [0.25, 0.3) is 0 Å². The van der Waals surface area contributed by atoms with E-state index in [0.29, 0.717) is 6.54 Å². The highest BCUT2D eigenvalue weighted by Gasteiger charge is 2.26. The van der Waals surface area contributed by atoms with Crippen LogP contribution in [0.2, 0.25) is 0 Å². The fourth-order valence-corrected chi connectivity index (χ4v) is 2.89. The number of ether oxygens (including phenoxy) is 1. The number of nitrogens with two attached hydrogens (primary N) is 1. The second kappa shape index (κ2) is 6.99. The van der Waals surface area contributed by atoms with E-state index in [2.05, 4.69) is 6.92 Å². The smallest absolute Gasteiger partial charge is 0.123 e. The summed E-state index contributed by atoms with van der Waals surface area (Å²) in [5.74, 6) is 0.632. The van der Waals surface area contributed by atoms with Gasteiger partial charge in [0.05, 0.1) is 5.60 Å². The number of hydrogen-bond donors (Lipinski definition) is 1. The van der Waals surface area contributed by atoms with E-state index in [4.69, 9.17) is 10.5 Å². The highest BCUT2D eigenvalue weighted by molar-refractivity contribution is 7.99. The zero-order valence-corrected chi connectivity index (χ0v) is 11.2. The molecule has 0 fully saturated rings. The van der Waals surface area contributed by atoms with Crippen LogP contribution in [0.25, 0.3) is 0 Å². The monoisotopic (exact) mass is 257 g/mol. The third kappa shape index (κ3) is 4.30. The Hall–Kier alpha value is -0.580. The number of methoxy groups -OCH3 is 1. The van der Waals surface area contributed by atoms with Gasteiger partial charge in [-0.1, -0.05) is 6.92 Å². The van der Waals surface area contributed by atoms with Crippen LogP contribution < -0.4 is 5.73 Å². The highest BCUT2D eigenvalue weighted by atomic mass is 32.2.